The summed E-state index contributed by atoms with van der Waals surface area (Å²) in [5, 5.41) is 6.32. The smallest absolute Gasteiger partial charge is 0.253 e. The molecule has 8 nitrogen and oxygen atoms in total. The fraction of sp³-hybridized carbons (Fsp3) is 0.440. The number of amides is 2. The Labute approximate surface area is 211 Å². The molecule has 2 aliphatic heterocycles. The second-order valence-electron chi connectivity index (χ2n) is 8.94. The number of nitrogens with one attached hydrogen (secondary N) is 2. The molecule has 2 N–H and O–H groups in total. The van der Waals surface area contributed by atoms with Gasteiger partial charge in [-0.2, -0.15) is 0 Å². The highest BCUT2D eigenvalue weighted by molar-refractivity contribution is 7.88. The van der Waals surface area contributed by atoms with E-state index in [1.807, 2.05) is 0 Å². The first-order valence-corrected chi connectivity index (χ1v) is 13.8. The van der Waals surface area contributed by atoms with Crippen molar-refractivity contribution in [3.8, 4) is 0 Å². The Kier molecular flexibility index (Phi) is 8.43. The first-order chi connectivity index (χ1) is 16.8. The summed E-state index contributed by atoms with van der Waals surface area (Å²) in [7, 11) is -3.49. The maximum atomic E-state index is 12.9. The van der Waals surface area contributed by atoms with Gasteiger partial charge in [-0.1, -0.05) is 35.9 Å². The maximum Gasteiger partial charge on any atom is 0.253 e. The third-order valence-electron chi connectivity index (χ3n) is 6.42. The molecular formula is C25H30ClN3O5S. The number of carbonyl (C=O) groups excluding carboxylic acids is 2. The lowest BCUT2D eigenvalue weighted by atomic mass is 9.97. The van der Waals surface area contributed by atoms with Crippen molar-refractivity contribution >= 4 is 39.1 Å². The Morgan fingerprint density at radius 2 is 1.74 bits per heavy atom. The van der Waals surface area contributed by atoms with E-state index in [9.17, 15) is 18.0 Å². The van der Waals surface area contributed by atoms with Gasteiger partial charge >= 0.3 is 0 Å². The molecule has 2 aliphatic rings. The lowest BCUT2D eigenvalue weighted by molar-refractivity contribution is -0.120. The van der Waals surface area contributed by atoms with Crippen molar-refractivity contribution in [2.75, 3.05) is 31.6 Å². The molecule has 2 fully saturated rings. The molecule has 0 aromatic heterocycles. The van der Waals surface area contributed by atoms with E-state index in [0.29, 0.717) is 47.8 Å². The van der Waals surface area contributed by atoms with Crippen molar-refractivity contribution < 1.29 is 22.7 Å². The molecule has 1 atom stereocenters. The number of piperidine rings is 1. The molecule has 188 valence electrons. The number of rotatable bonds is 8. The van der Waals surface area contributed by atoms with Crippen LogP contribution in [0.5, 0.6) is 0 Å². The number of sulfonamides is 1. The quantitative estimate of drug-likeness (QED) is 0.556. The first kappa shape index (κ1) is 25.6. The predicted molar refractivity (Wildman–Crippen MR) is 135 cm³/mol. The molecule has 0 bridgehead atoms. The number of halogens is 1. The van der Waals surface area contributed by atoms with E-state index in [0.717, 1.165) is 12.8 Å². The van der Waals surface area contributed by atoms with Crippen LogP contribution >= 0.6 is 11.6 Å². The first-order valence-electron chi connectivity index (χ1n) is 11.8. The largest absolute Gasteiger partial charge is 0.376 e. The van der Waals surface area contributed by atoms with Gasteiger partial charge in [-0.3, -0.25) is 9.59 Å². The summed E-state index contributed by atoms with van der Waals surface area (Å²) < 4.78 is 32.6. The van der Waals surface area contributed by atoms with E-state index in [1.165, 1.54) is 4.31 Å². The van der Waals surface area contributed by atoms with E-state index >= 15 is 0 Å². The summed E-state index contributed by atoms with van der Waals surface area (Å²) in [5.41, 5.74) is 1.51. The minimum absolute atomic E-state index is 0.0295. The van der Waals surface area contributed by atoms with Crippen LogP contribution in [0.3, 0.4) is 0 Å². The number of hydrogen-bond donors (Lipinski definition) is 2. The molecule has 0 spiro atoms. The van der Waals surface area contributed by atoms with E-state index < -0.39 is 10.0 Å². The molecule has 0 radical (unpaired) electrons. The standard InChI is InChI=1S/C25H30ClN3O5S/c26-20-9-7-18(8-10-20)17-35(32,33)29-13-11-19(12-14-29)24(30)28-23-6-2-1-5-22(23)25(31)27-16-21-4-3-15-34-21/h1-2,5-10,19,21H,3-4,11-17H2,(H,27,31)(H,28,30)/t21-/m1/s1. The lowest BCUT2D eigenvalue weighted by Crippen LogP contribution is -2.42. The average molecular weight is 520 g/mol. The summed E-state index contributed by atoms with van der Waals surface area (Å²) in [5.74, 6) is -0.909. The van der Waals surface area contributed by atoms with Crippen molar-refractivity contribution in [3.05, 3.63) is 64.7 Å². The summed E-state index contributed by atoms with van der Waals surface area (Å²) in [6.45, 7) is 1.70. The normalized spacial score (nSPS) is 19.4. The minimum Gasteiger partial charge on any atom is -0.376 e. The van der Waals surface area contributed by atoms with Crippen molar-refractivity contribution in [3.63, 3.8) is 0 Å². The molecule has 0 unspecified atom stereocenters. The Morgan fingerprint density at radius 3 is 2.43 bits per heavy atom. The highest BCUT2D eigenvalue weighted by atomic mass is 35.5. The van der Waals surface area contributed by atoms with Gasteiger partial charge in [0.2, 0.25) is 15.9 Å². The van der Waals surface area contributed by atoms with Crippen LogP contribution < -0.4 is 10.6 Å². The number of carbonyl (C=O) groups is 2. The minimum atomic E-state index is -3.49. The zero-order valence-corrected chi connectivity index (χ0v) is 21.0. The van der Waals surface area contributed by atoms with E-state index in [2.05, 4.69) is 10.6 Å². The van der Waals surface area contributed by atoms with Crippen molar-refractivity contribution in [2.24, 2.45) is 5.92 Å². The van der Waals surface area contributed by atoms with Crippen molar-refractivity contribution in [1.82, 2.24) is 9.62 Å². The molecule has 2 amide bonds. The van der Waals surface area contributed by atoms with Crippen LogP contribution in [0.15, 0.2) is 48.5 Å². The molecule has 2 heterocycles. The molecule has 0 saturated carbocycles. The number of benzene rings is 2. The maximum absolute atomic E-state index is 12.9. The van der Waals surface area contributed by atoms with Crippen LogP contribution in [-0.4, -0.2) is 56.9 Å². The van der Waals surface area contributed by atoms with Gasteiger partial charge in [-0.15, -0.1) is 0 Å². The number of anilines is 1. The summed E-state index contributed by atoms with van der Waals surface area (Å²) in [4.78, 5) is 25.6. The summed E-state index contributed by atoms with van der Waals surface area (Å²) in [6.07, 6.45) is 2.78. The summed E-state index contributed by atoms with van der Waals surface area (Å²) >= 11 is 5.88. The van der Waals surface area contributed by atoms with Crippen LogP contribution in [0.2, 0.25) is 5.02 Å². The van der Waals surface area contributed by atoms with E-state index in [4.69, 9.17) is 16.3 Å². The number of nitrogens with zero attached hydrogens (tertiary/aromatic N) is 1. The second-order valence-corrected chi connectivity index (χ2v) is 11.3. The van der Waals surface area contributed by atoms with Gasteiger partial charge in [-0.05, 0) is 55.5 Å². The van der Waals surface area contributed by atoms with Gasteiger partial charge in [0.15, 0.2) is 0 Å². The van der Waals surface area contributed by atoms with Crippen LogP contribution in [0.25, 0.3) is 0 Å². The SMILES string of the molecule is O=C(NC[C@H]1CCCO1)c1ccccc1NC(=O)C1CCN(S(=O)(=O)Cc2ccc(Cl)cc2)CC1. The Hall–Kier alpha value is -2.46. The summed E-state index contributed by atoms with van der Waals surface area (Å²) in [6, 6.07) is 13.6. The van der Waals surface area contributed by atoms with E-state index in [-0.39, 0.29) is 42.7 Å². The van der Waals surface area contributed by atoms with Crippen LogP contribution in [0.1, 0.15) is 41.6 Å². The topological polar surface area (TPSA) is 105 Å². The van der Waals surface area contributed by atoms with Gasteiger partial charge in [0, 0.05) is 37.2 Å². The predicted octanol–water partition coefficient (Wildman–Crippen LogP) is 3.43. The fourth-order valence-corrected chi connectivity index (χ4v) is 6.10. The monoisotopic (exact) mass is 519 g/mol. The average Bonchev–Trinajstić information content (AvgIpc) is 3.38. The van der Waals surface area contributed by atoms with Gasteiger partial charge in [0.05, 0.1) is 23.1 Å². The molecule has 0 aliphatic carbocycles. The third-order valence-corrected chi connectivity index (χ3v) is 8.53. The molecule has 35 heavy (non-hydrogen) atoms. The highest BCUT2D eigenvalue weighted by Gasteiger charge is 2.31. The van der Waals surface area contributed by atoms with Crippen LogP contribution in [-0.2, 0) is 25.3 Å². The second kappa shape index (κ2) is 11.5. The fourth-order valence-electron chi connectivity index (χ4n) is 4.41. The van der Waals surface area contributed by atoms with Crippen molar-refractivity contribution in [1.29, 1.82) is 0 Å². The lowest BCUT2D eigenvalue weighted by Gasteiger charge is -2.30. The molecule has 4 rings (SSSR count). The van der Waals surface area contributed by atoms with Crippen molar-refractivity contribution in [2.45, 2.75) is 37.5 Å². The number of para-hydroxylation sites is 1. The Bertz CT molecular complexity index is 1140. The van der Waals surface area contributed by atoms with Crippen LogP contribution in [0, 0.1) is 5.92 Å². The Balaban J connectivity index is 1.31. The van der Waals surface area contributed by atoms with Gasteiger partial charge in [0.25, 0.3) is 5.91 Å². The zero-order valence-electron chi connectivity index (χ0n) is 19.4. The molecular weight excluding hydrogens is 490 g/mol. The third kappa shape index (κ3) is 6.82. The van der Waals surface area contributed by atoms with Gasteiger partial charge in [-0.25, -0.2) is 12.7 Å². The number of hydrogen-bond acceptors (Lipinski definition) is 5. The van der Waals surface area contributed by atoms with E-state index in [1.54, 1.807) is 48.5 Å². The molecule has 2 aromatic carbocycles. The molecule has 2 saturated heterocycles. The van der Waals surface area contributed by atoms with Gasteiger partial charge in [0.1, 0.15) is 0 Å². The zero-order chi connectivity index (χ0) is 24.8. The molecule has 10 heteroatoms. The Morgan fingerprint density at radius 1 is 1.03 bits per heavy atom. The number of ether oxygens (including phenoxy) is 1. The van der Waals surface area contributed by atoms with Crippen LogP contribution in [0.4, 0.5) is 5.69 Å². The van der Waals surface area contributed by atoms with Gasteiger partial charge < -0.3 is 15.4 Å². The molecule has 2 aromatic rings. The highest BCUT2D eigenvalue weighted by Crippen LogP contribution is 2.25.